The Bertz CT molecular complexity index is 282. The van der Waals surface area contributed by atoms with Crippen LogP contribution in [0.5, 0.6) is 0 Å². The van der Waals surface area contributed by atoms with E-state index in [1.807, 2.05) is 19.1 Å². The highest BCUT2D eigenvalue weighted by molar-refractivity contribution is 5.08. The highest BCUT2D eigenvalue weighted by Crippen LogP contribution is 2.29. The second kappa shape index (κ2) is 3.18. The summed E-state index contributed by atoms with van der Waals surface area (Å²) in [5.41, 5.74) is 0.0181. The molecule has 0 N–H and O–H groups in total. The zero-order chi connectivity index (χ0) is 9.31. The van der Waals surface area contributed by atoms with Gasteiger partial charge in [0.25, 0.3) is 0 Å². The first-order chi connectivity index (χ1) is 6.18. The van der Waals surface area contributed by atoms with Gasteiger partial charge in [-0.1, -0.05) is 0 Å². The maximum Gasteiger partial charge on any atom is 0.107 e. The Morgan fingerprint density at radius 1 is 1.46 bits per heavy atom. The number of rotatable bonds is 2. The molecule has 1 atom stereocenters. The number of furan rings is 1. The van der Waals surface area contributed by atoms with Crippen LogP contribution in [0.15, 0.2) is 16.5 Å². The van der Waals surface area contributed by atoms with Crippen molar-refractivity contribution in [3.8, 4) is 0 Å². The summed E-state index contributed by atoms with van der Waals surface area (Å²) in [7, 11) is 0. The van der Waals surface area contributed by atoms with Crippen LogP contribution in [0.4, 0.5) is 0 Å². The minimum atomic E-state index is 0.0181. The lowest BCUT2D eigenvalue weighted by Gasteiger charge is -2.21. The summed E-state index contributed by atoms with van der Waals surface area (Å²) < 4.78 is 11.2. The average Bonchev–Trinajstić information content (AvgIpc) is 2.62. The molecule has 1 aromatic rings. The van der Waals surface area contributed by atoms with E-state index in [1.54, 1.807) is 0 Å². The third-order valence-electron chi connectivity index (χ3n) is 2.64. The molecule has 0 spiro atoms. The summed E-state index contributed by atoms with van der Waals surface area (Å²) in [6, 6.07) is 4.05. The molecule has 1 aliphatic heterocycles. The maximum absolute atomic E-state index is 5.69. The van der Waals surface area contributed by atoms with E-state index < -0.39 is 0 Å². The van der Waals surface area contributed by atoms with Crippen LogP contribution in [0.3, 0.4) is 0 Å². The van der Waals surface area contributed by atoms with E-state index in [-0.39, 0.29) is 5.60 Å². The van der Waals surface area contributed by atoms with Crippen LogP contribution >= 0.6 is 0 Å². The van der Waals surface area contributed by atoms with Gasteiger partial charge in [-0.15, -0.1) is 0 Å². The van der Waals surface area contributed by atoms with Gasteiger partial charge in [0.15, 0.2) is 0 Å². The Labute approximate surface area is 78.9 Å². The molecule has 0 saturated carbocycles. The minimum absolute atomic E-state index is 0.0181. The summed E-state index contributed by atoms with van der Waals surface area (Å²) in [4.78, 5) is 0. The van der Waals surface area contributed by atoms with Gasteiger partial charge in [0.1, 0.15) is 11.5 Å². The Balaban J connectivity index is 2.04. The van der Waals surface area contributed by atoms with Crippen molar-refractivity contribution in [3.05, 3.63) is 23.7 Å². The molecule has 0 aromatic carbocycles. The average molecular weight is 180 g/mol. The van der Waals surface area contributed by atoms with E-state index in [9.17, 15) is 0 Å². The van der Waals surface area contributed by atoms with Gasteiger partial charge in [-0.25, -0.2) is 0 Å². The minimum Gasteiger partial charge on any atom is -0.466 e. The van der Waals surface area contributed by atoms with Gasteiger partial charge >= 0.3 is 0 Å². The van der Waals surface area contributed by atoms with E-state index in [4.69, 9.17) is 9.15 Å². The standard InChI is InChI=1S/C11H16O2/c1-9-4-5-10(13-9)8-11(2)6-3-7-12-11/h4-5H,3,6-8H2,1-2H3. The third kappa shape index (κ3) is 1.94. The van der Waals surface area contributed by atoms with Crippen molar-refractivity contribution in [3.63, 3.8) is 0 Å². The largest absolute Gasteiger partial charge is 0.466 e. The van der Waals surface area contributed by atoms with Crippen molar-refractivity contribution in [1.82, 2.24) is 0 Å². The fourth-order valence-corrected chi connectivity index (χ4v) is 1.92. The fourth-order valence-electron chi connectivity index (χ4n) is 1.92. The van der Waals surface area contributed by atoms with Crippen molar-refractivity contribution in [2.24, 2.45) is 0 Å². The molecule has 2 heterocycles. The van der Waals surface area contributed by atoms with Crippen LogP contribution in [-0.2, 0) is 11.2 Å². The van der Waals surface area contributed by atoms with E-state index in [0.717, 1.165) is 31.0 Å². The summed E-state index contributed by atoms with van der Waals surface area (Å²) >= 11 is 0. The Morgan fingerprint density at radius 3 is 2.85 bits per heavy atom. The number of ether oxygens (including phenoxy) is 1. The van der Waals surface area contributed by atoms with Gasteiger partial charge in [0.2, 0.25) is 0 Å². The van der Waals surface area contributed by atoms with Crippen molar-refractivity contribution in [2.75, 3.05) is 6.61 Å². The van der Waals surface area contributed by atoms with Crippen LogP contribution in [0.2, 0.25) is 0 Å². The van der Waals surface area contributed by atoms with Crippen LogP contribution in [0.1, 0.15) is 31.3 Å². The van der Waals surface area contributed by atoms with Crippen molar-refractivity contribution < 1.29 is 9.15 Å². The molecule has 1 fully saturated rings. The summed E-state index contributed by atoms with van der Waals surface area (Å²) in [6.45, 7) is 5.04. The monoisotopic (exact) mass is 180 g/mol. The summed E-state index contributed by atoms with van der Waals surface area (Å²) in [5, 5.41) is 0. The zero-order valence-electron chi connectivity index (χ0n) is 8.30. The lowest BCUT2D eigenvalue weighted by molar-refractivity contribution is 0.0168. The molecule has 0 radical (unpaired) electrons. The van der Waals surface area contributed by atoms with Gasteiger partial charge < -0.3 is 9.15 Å². The third-order valence-corrected chi connectivity index (χ3v) is 2.64. The molecular formula is C11H16O2. The quantitative estimate of drug-likeness (QED) is 0.698. The zero-order valence-corrected chi connectivity index (χ0v) is 8.30. The predicted octanol–water partition coefficient (Wildman–Crippen LogP) is 2.70. The second-order valence-corrected chi connectivity index (χ2v) is 4.09. The highest BCUT2D eigenvalue weighted by atomic mass is 16.5. The number of hydrogen-bond acceptors (Lipinski definition) is 2. The molecule has 2 rings (SSSR count). The lowest BCUT2D eigenvalue weighted by atomic mass is 9.97. The molecule has 1 saturated heterocycles. The second-order valence-electron chi connectivity index (χ2n) is 4.09. The topological polar surface area (TPSA) is 22.4 Å². The fraction of sp³-hybridized carbons (Fsp3) is 0.636. The highest BCUT2D eigenvalue weighted by Gasteiger charge is 2.30. The Hall–Kier alpha value is -0.760. The molecule has 1 aromatic heterocycles. The SMILES string of the molecule is Cc1ccc(CC2(C)CCCO2)o1. The number of hydrogen-bond donors (Lipinski definition) is 0. The van der Waals surface area contributed by atoms with E-state index >= 15 is 0 Å². The van der Waals surface area contributed by atoms with E-state index in [2.05, 4.69) is 6.92 Å². The number of aryl methyl sites for hydroxylation is 1. The van der Waals surface area contributed by atoms with Gasteiger partial charge in [-0.05, 0) is 38.8 Å². The lowest BCUT2D eigenvalue weighted by Crippen LogP contribution is -2.25. The van der Waals surface area contributed by atoms with Crippen LogP contribution in [-0.4, -0.2) is 12.2 Å². The smallest absolute Gasteiger partial charge is 0.107 e. The van der Waals surface area contributed by atoms with Crippen LogP contribution in [0, 0.1) is 6.92 Å². The molecule has 0 amide bonds. The molecule has 2 nitrogen and oxygen atoms in total. The normalized spacial score (nSPS) is 28.2. The molecule has 0 aliphatic carbocycles. The van der Waals surface area contributed by atoms with Gasteiger partial charge in [0.05, 0.1) is 5.60 Å². The van der Waals surface area contributed by atoms with Crippen LogP contribution < -0.4 is 0 Å². The summed E-state index contributed by atoms with van der Waals surface area (Å²) in [6.07, 6.45) is 3.23. The molecule has 0 bridgehead atoms. The molecule has 13 heavy (non-hydrogen) atoms. The molecule has 1 aliphatic rings. The first-order valence-electron chi connectivity index (χ1n) is 4.87. The van der Waals surface area contributed by atoms with Crippen molar-refractivity contribution in [1.29, 1.82) is 0 Å². The van der Waals surface area contributed by atoms with Crippen molar-refractivity contribution >= 4 is 0 Å². The van der Waals surface area contributed by atoms with Gasteiger partial charge in [-0.2, -0.15) is 0 Å². The summed E-state index contributed by atoms with van der Waals surface area (Å²) in [5.74, 6) is 2.03. The molecular weight excluding hydrogens is 164 g/mol. The Morgan fingerprint density at radius 2 is 2.31 bits per heavy atom. The first kappa shape index (κ1) is 8.82. The van der Waals surface area contributed by atoms with E-state index in [1.165, 1.54) is 6.42 Å². The van der Waals surface area contributed by atoms with Gasteiger partial charge in [0, 0.05) is 13.0 Å². The van der Waals surface area contributed by atoms with Crippen molar-refractivity contribution in [2.45, 2.75) is 38.7 Å². The van der Waals surface area contributed by atoms with Gasteiger partial charge in [-0.3, -0.25) is 0 Å². The van der Waals surface area contributed by atoms with E-state index in [0.29, 0.717) is 0 Å². The van der Waals surface area contributed by atoms with Crippen LogP contribution in [0.25, 0.3) is 0 Å². The molecule has 2 heteroatoms. The Kier molecular flexibility index (Phi) is 2.16. The first-order valence-corrected chi connectivity index (χ1v) is 4.87. The maximum atomic E-state index is 5.69. The molecule has 72 valence electrons. The molecule has 1 unspecified atom stereocenters. The predicted molar refractivity (Wildman–Crippen MR) is 50.7 cm³/mol.